The molecule has 1 aromatic rings. The van der Waals surface area contributed by atoms with E-state index in [4.69, 9.17) is 0 Å². The standard InChI is InChI=1S/C21H35N3O/c1-17(2)15-20(24-12-6-7-13-24)21(25)22(3)16-18-9-8-14-23-11-5-4-10-19(18)23/h6-7,12-13,17-20H,4-5,8-11,14-16H2,1-3H3. The molecule has 0 aromatic carbocycles. The fraction of sp³-hybridized carbons (Fsp3) is 0.762. The Labute approximate surface area is 153 Å². The van der Waals surface area contributed by atoms with Gasteiger partial charge in [-0.2, -0.15) is 0 Å². The van der Waals surface area contributed by atoms with E-state index in [1.54, 1.807) is 0 Å². The van der Waals surface area contributed by atoms with Crippen LogP contribution in [0.2, 0.25) is 0 Å². The fourth-order valence-electron chi connectivity index (χ4n) is 4.84. The molecule has 2 aliphatic rings. The second kappa shape index (κ2) is 8.39. The van der Waals surface area contributed by atoms with Crippen LogP contribution in [0.5, 0.6) is 0 Å². The first-order valence-corrected chi connectivity index (χ1v) is 10.2. The zero-order valence-corrected chi connectivity index (χ0v) is 16.2. The van der Waals surface area contributed by atoms with Gasteiger partial charge in [0.05, 0.1) is 0 Å². The third-order valence-electron chi connectivity index (χ3n) is 6.08. The molecule has 140 valence electrons. The number of hydrogen-bond donors (Lipinski definition) is 0. The van der Waals surface area contributed by atoms with E-state index in [0.717, 1.165) is 13.0 Å². The highest BCUT2D eigenvalue weighted by Gasteiger charge is 2.35. The lowest BCUT2D eigenvalue weighted by Crippen LogP contribution is -2.51. The molecule has 0 aliphatic carbocycles. The summed E-state index contributed by atoms with van der Waals surface area (Å²) in [6.07, 6.45) is 11.5. The molecule has 3 unspecified atom stereocenters. The van der Waals surface area contributed by atoms with Crippen molar-refractivity contribution in [3.8, 4) is 0 Å². The molecule has 1 aromatic heterocycles. The number of piperidine rings is 2. The quantitative estimate of drug-likeness (QED) is 0.784. The molecule has 1 amide bonds. The Morgan fingerprint density at radius 2 is 1.84 bits per heavy atom. The number of likely N-dealkylation sites (N-methyl/N-ethyl adjacent to an activating group) is 1. The van der Waals surface area contributed by atoms with Crippen molar-refractivity contribution in [3.63, 3.8) is 0 Å². The van der Waals surface area contributed by atoms with Crippen LogP contribution in [0.15, 0.2) is 24.5 Å². The second-order valence-electron chi connectivity index (χ2n) is 8.50. The molecule has 2 saturated heterocycles. The van der Waals surface area contributed by atoms with E-state index in [1.807, 2.05) is 36.5 Å². The molecule has 3 heterocycles. The van der Waals surface area contributed by atoms with E-state index in [9.17, 15) is 4.79 Å². The van der Waals surface area contributed by atoms with Crippen molar-refractivity contribution in [2.75, 3.05) is 26.7 Å². The smallest absolute Gasteiger partial charge is 0.245 e. The van der Waals surface area contributed by atoms with Crippen LogP contribution in [-0.2, 0) is 4.79 Å². The summed E-state index contributed by atoms with van der Waals surface area (Å²) in [7, 11) is 2.01. The van der Waals surface area contributed by atoms with Crippen molar-refractivity contribution in [2.24, 2.45) is 11.8 Å². The normalized spacial score (nSPS) is 25.6. The van der Waals surface area contributed by atoms with Crippen molar-refractivity contribution in [1.29, 1.82) is 0 Å². The van der Waals surface area contributed by atoms with Crippen LogP contribution in [-0.4, -0.2) is 53.0 Å². The largest absolute Gasteiger partial charge is 0.344 e. The second-order valence-corrected chi connectivity index (χ2v) is 8.50. The molecule has 2 aliphatic heterocycles. The van der Waals surface area contributed by atoms with Crippen LogP contribution in [0.3, 0.4) is 0 Å². The summed E-state index contributed by atoms with van der Waals surface area (Å²) in [6.45, 7) is 7.84. The lowest BCUT2D eigenvalue weighted by Gasteiger charge is -2.45. The predicted octanol–water partition coefficient (Wildman–Crippen LogP) is 3.80. The molecule has 0 saturated carbocycles. The molecular weight excluding hydrogens is 310 g/mol. The lowest BCUT2D eigenvalue weighted by atomic mass is 9.83. The first kappa shape index (κ1) is 18.5. The van der Waals surface area contributed by atoms with E-state index >= 15 is 0 Å². The molecular formula is C21H35N3O. The third-order valence-corrected chi connectivity index (χ3v) is 6.08. The van der Waals surface area contributed by atoms with Gasteiger partial charge in [-0.15, -0.1) is 0 Å². The van der Waals surface area contributed by atoms with Crippen molar-refractivity contribution in [3.05, 3.63) is 24.5 Å². The number of hydrogen-bond acceptors (Lipinski definition) is 2. The van der Waals surface area contributed by atoms with Crippen LogP contribution >= 0.6 is 0 Å². The Balaban J connectivity index is 1.66. The number of aromatic nitrogens is 1. The monoisotopic (exact) mass is 345 g/mol. The molecule has 4 heteroatoms. The molecule has 0 spiro atoms. The summed E-state index contributed by atoms with van der Waals surface area (Å²) in [5.74, 6) is 1.43. The summed E-state index contributed by atoms with van der Waals surface area (Å²) >= 11 is 0. The molecule has 25 heavy (non-hydrogen) atoms. The van der Waals surface area contributed by atoms with Crippen LogP contribution in [0, 0.1) is 11.8 Å². The highest BCUT2D eigenvalue weighted by Crippen LogP contribution is 2.32. The van der Waals surface area contributed by atoms with Crippen LogP contribution in [0.1, 0.15) is 58.4 Å². The van der Waals surface area contributed by atoms with Crippen molar-refractivity contribution < 1.29 is 4.79 Å². The average Bonchev–Trinajstić information content (AvgIpc) is 3.13. The molecule has 3 rings (SSSR count). The molecule has 0 bridgehead atoms. The lowest BCUT2D eigenvalue weighted by molar-refractivity contribution is -0.135. The zero-order chi connectivity index (χ0) is 17.8. The number of carbonyl (C=O) groups is 1. The van der Waals surface area contributed by atoms with E-state index in [2.05, 4.69) is 23.3 Å². The van der Waals surface area contributed by atoms with Crippen LogP contribution < -0.4 is 0 Å². The van der Waals surface area contributed by atoms with E-state index in [1.165, 1.54) is 45.2 Å². The summed E-state index contributed by atoms with van der Waals surface area (Å²) in [5.41, 5.74) is 0. The van der Waals surface area contributed by atoms with Gasteiger partial charge < -0.3 is 14.4 Å². The Morgan fingerprint density at radius 1 is 1.12 bits per heavy atom. The van der Waals surface area contributed by atoms with Crippen LogP contribution in [0.4, 0.5) is 0 Å². The number of nitrogens with zero attached hydrogens (tertiary/aromatic N) is 3. The Morgan fingerprint density at radius 3 is 2.56 bits per heavy atom. The Kier molecular flexibility index (Phi) is 6.21. The van der Waals surface area contributed by atoms with Gasteiger partial charge >= 0.3 is 0 Å². The maximum Gasteiger partial charge on any atom is 0.245 e. The van der Waals surface area contributed by atoms with Gasteiger partial charge in [0.15, 0.2) is 0 Å². The van der Waals surface area contributed by atoms with Gasteiger partial charge in [0.25, 0.3) is 0 Å². The van der Waals surface area contributed by atoms with E-state index < -0.39 is 0 Å². The first-order valence-electron chi connectivity index (χ1n) is 10.2. The summed E-state index contributed by atoms with van der Waals surface area (Å²) in [5, 5.41) is 0. The third kappa shape index (κ3) is 4.46. The minimum Gasteiger partial charge on any atom is -0.344 e. The number of rotatable bonds is 6. The van der Waals surface area contributed by atoms with E-state index in [-0.39, 0.29) is 11.9 Å². The number of fused-ring (bicyclic) bond motifs is 1. The van der Waals surface area contributed by atoms with Gasteiger partial charge in [-0.05, 0) is 69.2 Å². The molecule has 3 atom stereocenters. The van der Waals surface area contributed by atoms with Gasteiger partial charge in [-0.1, -0.05) is 20.3 Å². The predicted molar refractivity (Wildman–Crippen MR) is 102 cm³/mol. The van der Waals surface area contributed by atoms with Gasteiger partial charge in [0, 0.05) is 32.0 Å². The SMILES string of the molecule is CC(C)CC(C(=O)N(C)CC1CCCN2CCCCC12)n1cccc1. The highest BCUT2D eigenvalue weighted by molar-refractivity contribution is 5.80. The summed E-state index contributed by atoms with van der Waals surface area (Å²) in [6, 6.07) is 4.67. The molecule has 0 radical (unpaired) electrons. The molecule has 4 nitrogen and oxygen atoms in total. The molecule has 0 N–H and O–H groups in total. The van der Waals surface area contributed by atoms with Crippen molar-refractivity contribution in [1.82, 2.24) is 14.4 Å². The van der Waals surface area contributed by atoms with Gasteiger partial charge in [-0.25, -0.2) is 0 Å². The first-order chi connectivity index (χ1) is 12.1. The Hall–Kier alpha value is -1.29. The minimum atomic E-state index is -0.0638. The fourth-order valence-corrected chi connectivity index (χ4v) is 4.84. The van der Waals surface area contributed by atoms with Gasteiger partial charge in [-0.3, -0.25) is 4.79 Å². The highest BCUT2D eigenvalue weighted by atomic mass is 16.2. The number of amides is 1. The van der Waals surface area contributed by atoms with Crippen molar-refractivity contribution >= 4 is 5.91 Å². The Bertz CT molecular complexity index is 537. The van der Waals surface area contributed by atoms with Gasteiger partial charge in [0.2, 0.25) is 5.91 Å². The number of carbonyl (C=O) groups excluding carboxylic acids is 1. The minimum absolute atomic E-state index is 0.0638. The summed E-state index contributed by atoms with van der Waals surface area (Å²) < 4.78 is 2.09. The van der Waals surface area contributed by atoms with E-state index in [0.29, 0.717) is 17.9 Å². The zero-order valence-electron chi connectivity index (χ0n) is 16.2. The van der Waals surface area contributed by atoms with Crippen LogP contribution in [0.25, 0.3) is 0 Å². The maximum absolute atomic E-state index is 13.2. The average molecular weight is 346 g/mol. The molecule has 2 fully saturated rings. The van der Waals surface area contributed by atoms with Crippen molar-refractivity contribution in [2.45, 2.75) is 64.5 Å². The van der Waals surface area contributed by atoms with Gasteiger partial charge in [0.1, 0.15) is 6.04 Å². The summed E-state index contributed by atoms with van der Waals surface area (Å²) in [4.78, 5) is 17.9. The topological polar surface area (TPSA) is 28.5 Å². The maximum atomic E-state index is 13.2.